The van der Waals surface area contributed by atoms with Crippen molar-refractivity contribution in [1.29, 1.82) is 0 Å². The van der Waals surface area contributed by atoms with Crippen molar-refractivity contribution >= 4 is 6.08 Å². The second-order valence-corrected chi connectivity index (χ2v) is 3.63. The molecule has 0 atom stereocenters. The molecule has 0 N–H and O–H groups in total. The van der Waals surface area contributed by atoms with Crippen molar-refractivity contribution in [3.63, 3.8) is 0 Å². The minimum Gasteiger partial charge on any atom is -0.211 e. The summed E-state index contributed by atoms with van der Waals surface area (Å²) in [5.41, 5.74) is 4.34. The summed E-state index contributed by atoms with van der Waals surface area (Å²) in [5, 5.41) is 0. The summed E-state index contributed by atoms with van der Waals surface area (Å²) in [7, 11) is 0. The first-order valence-electron chi connectivity index (χ1n) is 5.05. The molecule has 1 aliphatic carbocycles. The van der Waals surface area contributed by atoms with Crippen molar-refractivity contribution in [2.75, 3.05) is 6.54 Å². The van der Waals surface area contributed by atoms with E-state index in [0.29, 0.717) is 6.54 Å². The van der Waals surface area contributed by atoms with E-state index in [-0.39, 0.29) is 0 Å². The van der Waals surface area contributed by atoms with Crippen LogP contribution in [0.3, 0.4) is 0 Å². The zero-order valence-electron chi connectivity index (χ0n) is 8.12. The third-order valence-corrected chi connectivity index (χ3v) is 2.80. The molecule has 0 saturated carbocycles. The smallest absolute Gasteiger partial charge is 0.211 e. The Morgan fingerprint density at radius 1 is 1.36 bits per heavy atom. The van der Waals surface area contributed by atoms with Crippen molar-refractivity contribution in [2.45, 2.75) is 25.7 Å². The van der Waals surface area contributed by atoms with Gasteiger partial charge < -0.3 is 0 Å². The summed E-state index contributed by atoms with van der Waals surface area (Å²) in [5.74, 6) is 0. The van der Waals surface area contributed by atoms with Crippen LogP contribution in [0.4, 0.5) is 0 Å². The molecule has 0 unspecified atom stereocenters. The number of carbonyl (C=O) groups excluding carboxylic acids is 1. The van der Waals surface area contributed by atoms with Gasteiger partial charge in [-0.1, -0.05) is 18.2 Å². The van der Waals surface area contributed by atoms with E-state index in [0.717, 1.165) is 6.42 Å². The molecule has 2 heteroatoms. The lowest BCUT2D eigenvalue weighted by molar-refractivity contribution is 0.563. The lowest BCUT2D eigenvalue weighted by Crippen LogP contribution is -1.95. The molecule has 0 radical (unpaired) electrons. The Hall–Kier alpha value is -1.40. The molecule has 72 valence electrons. The van der Waals surface area contributed by atoms with Crippen LogP contribution in [0.1, 0.15) is 23.1 Å². The molecule has 0 bridgehead atoms. The van der Waals surface area contributed by atoms with Crippen LogP contribution >= 0.6 is 0 Å². The van der Waals surface area contributed by atoms with Crippen LogP contribution in [0.5, 0.6) is 0 Å². The summed E-state index contributed by atoms with van der Waals surface area (Å²) >= 11 is 0. The van der Waals surface area contributed by atoms with Gasteiger partial charge in [-0.05, 0) is 42.4 Å². The second kappa shape index (κ2) is 4.21. The number of hydrogen-bond donors (Lipinski definition) is 0. The van der Waals surface area contributed by atoms with Gasteiger partial charge in [-0.2, -0.15) is 0 Å². The van der Waals surface area contributed by atoms with Gasteiger partial charge in [0.15, 0.2) is 0 Å². The number of rotatable bonds is 3. The molecular weight excluding hydrogens is 174 g/mol. The number of benzene rings is 1. The van der Waals surface area contributed by atoms with E-state index in [1.165, 1.54) is 36.0 Å². The molecule has 1 aromatic rings. The molecule has 14 heavy (non-hydrogen) atoms. The quantitative estimate of drug-likeness (QED) is 0.526. The van der Waals surface area contributed by atoms with Crippen LogP contribution in [-0.4, -0.2) is 12.6 Å². The summed E-state index contributed by atoms with van der Waals surface area (Å²) < 4.78 is 0. The summed E-state index contributed by atoms with van der Waals surface area (Å²) in [4.78, 5) is 13.5. The van der Waals surface area contributed by atoms with Gasteiger partial charge in [0.25, 0.3) is 0 Å². The molecule has 0 aliphatic heterocycles. The fraction of sp³-hybridized carbons (Fsp3) is 0.417. The molecule has 0 aromatic heterocycles. The second-order valence-electron chi connectivity index (χ2n) is 3.63. The maximum Gasteiger partial charge on any atom is 0.234 e. The molecule has 1 aliphatic rings. The maximum absolute atomic E-state index is 9.94. The highest BCUT2D eigenvalue weighted by Gasteiger charge is 2.13. The number of fused-ring (bicyclic) bond motifs is 1. The Morgan fingerprint density at radius 3 is 3.14 bits per heavy atom. The van der Waals surface area contributed by atoms with Crippen molar-refractivity contribution in [1.82, 2.24) is 0 Å². The molecule has 0 heterocycles. The Morgan fingerprint density at radius 2 is 2.29 bits per heavy atom. The van der Waals surface area contributed by atoms with Gasteiger partial charge in [0, 0.05) is 0 Å². The standard InChI is InChI=1S/C12H13NO/c14-9-13-8-7-11-4-1-3-10-5-2-6-12(10)11/h1,3-4H,2,5-8H2. The lowest BCUT2D eigenvalue weighted by atomic mass is 10.0. The van der Waals surface area contributed by atoms with Crippen molar-refractivity contribution < 1.29 is 4.79 Å². The first-order valence-corrected chi connectivity index (χ1v) is 5.05. The predicted octanol–water partition coefficient (Wildman–Crippen LogP) is 2.05. The monoisotopic (exact) mass is 187 g/mol. The van der Waals surface area contributed by atoms with E-state index in [9.17, 15) is 4.79 Å². The number of aryl methyl sites for hydroxylation is 1. The molecular formula is C12H13NO. The highest BCUT2D eigenvalue weighted by Crippen LogP contribution is 2.25. The van der Waals surface area contributed by atoms with Crippen LogP contribution in [0.25, 0.3) is 0 Å². The highest BCUT2D eigenvalue weighted by atomic mass is 16.1. The molecule has 0 fully saturated rings. The van der Waals surface area contributed by atoms with Gasteiger partial charge in [-0.3, -0.25) is 0 Å². The number of nitrogens with zero attached hydrogens (tertiary/aromatic N) is 1. The number of aliphatic imine (C=N–C) groups is 1. The van der Waals surface area contributed by atoms with E-state index in [1.807, 2.05) is 0 Å². The normalized spacial score (nSPS) is 13.4. The maximum atomic E-state index is 9.94. The van der Waals surface area contributed by atoms with E-state index < -0.39 is 0 Å². The highest BCUT2D eigenvalue weighted by molar-refractivity contribution is 5.39. The average Bonchev–Trinajstić information content (AvgIpc) is 2.67. The number of hydrogen-bond acceptors (Lipinski definition) is 2. The topological polar surface area (TPSA) is 29.4 Å². The van der Waals surface area contributed by atoms with Crippen molar-refractivity contribution in [3.8, 4) is 0 Å². The van der Waals surface area contributed by atoms with E-state index in [1.54, 1.807) is 6.08 Å². The molecule has 0 saturated heterocycles. The summed E-state index contributed by atoms with van der Waals surface area (Å²) in [6.07, 6.45) is 6.12. The van der Waals surface area contributed by atoms with E-state index in [2.05, 4.69) is 23.2 Å². The Bertz CT molecular complexity index is 378. The first-order chi connectivity index (χ1) is 6.92. The average molecular weight is 187 g/mol. The van der Waals surface area contributed by atoms with Crippen LogP contribution in [0.2, 0.25) is 0 Å². The van der Waals surface area contributed by atoms with Crippen molar-refractivity contribution in [2.24, 2.45) is 4.99 Å². The van der Waals surface area contributed by atoms with Gasteiger partial charge >= 0.3 is 0 Å². The Kier molecular flexibility index (Phi) is 2.76. The van der Waals surface area contributed by atoms with Crippen LogP contribution < -0.4 is 0 Å². The molecule has 1 aromatic carbocycles. The number of isocyanates is 1. The Balaban J connectivity index is 2.17. The summed E-state index contributed by atoms with van der Waals surface area (Å²) in [6.45, 7) is 0.569. The largest absolute Gasteiger partial charge is 0.234 e. The molecule has 2 rings (SSSR count). The van der Waals surface area contributed by atoms with Crippen LogP contribution in [0, 0.1) is 0 Å². The van der Waals surface area contributed by atoms with Crippen LogP contribution in [-0.2, 0) is 24.1 Å². The van der Waals surface area contributed by atoms with Gasteiger partial charge in [-0.25, -0.2) is 9.79 Å². The van der Waals surface area contributed by atoms with Gasteiger partial charge in [0.1, 0.15) is 0 Å². The third kappa shape index (κ3) is 1.75. The molecule has 0 spiro atoms. The predicted molar refractivity (Wildman–Crippen MR) is 55.2 cm³/mol. The minimum atomic E-state index is 0.569. The minimum absolute atomic E-state index is 0.569. The summed E-state index contributed by atoms with van der Waals surface area (Å²) in [6, 6.07) is 6.45. The van der Waals surface area contributed by atoms with Crippen molar-refractivity contribution in [3.05, 3.63) is 34.9 Å². The fourth-order valence-electron chi connectivity index (χ4n) is 2.16. The Labute approximate surface area is 83.7 Å². The fourth-order valence-corrected chi connectivity index (χ4v) is 2.16. The third-order valence-electron chi connectivity index (χ3n) is 2.80. The van der Waals surface area contributed by atoms with Crippen LogP contribution in [0.15, 0.2) is 23.2 Å². The first kappa shape index (κ1) is 9.17. The van der Waals surface area contributed by atoms with Gasteiger partial charge in [-0.15, -0.1) is 0 Å². The molecule has 0 amide bonds. The van der Waals surface area contributed by atoms with Gasteiger partial charge in [0.05, 0.1) is 6.54 Å². The van der Waals surface area contributed by atoms with E-state index >= 15 is 0 Å². The molecule has 2 nitrogen and oxygen atoms in total. The zero-order valence-corrected chi connectivity index (χ0v) is 8.12. The zero-order chi connectivity index (χ0) is 9.80. The SMILES string of the molecule is O=C=NCCc1cccc2c1CCC2. The van der Waals surface area contributed by atoms with E-state index in [4.69, 9.17) is 0 Å². The lowest BCUT2D eigenvalue weighted by Gasteiger charge is -2.05. The van der Waals surface area contributed by atoms with Gasteiger partial charge in [0.2, 0.25) is 6.08 Å².